The molecule has 2 fully saturated rings. The predicted octanol–water partition coefficient (Wildman–Crippen LogP) is 5.62. The largest absolute Gasteiger partial charge is 0.480 e. The second kappa shape index (κ2) is 14.2. The standard InChI is InChI=1S/C37H40F3N9O4/c1-36(2,3)53-35(51)47-16-13-46(14-17-47)15-18-48-21-27(37(38,39)40)44-32(48)25-7-5-23(6-8-25)20-49-28(50)12-11-26-19-41-31(45-33(26)49)29-30(24-9-10-24)42-22-43-34(29)52-4/h5-8,11-12,19,21-22,24H,9-10,13-18,20H2,1-4H3. The summed E-state index contributed by atoms with van der Waals surface area (Å²) in [6.07, 6.45) is 1.14. The summed E-state index contributed by atoms with van der Waals surface area (Å²) in [5.41, 5.74) is 1.21. The number of rotatable bonds is 9. The summed E-state index contributed by atoms with van der Waals surface area (Å²) in [5, 5.41) is 0.654. The zero-order chi connectivity index (χ0) is 37.5. The summed E-state index contributed by atoms with van der Waals surface area (Å²) in [4.78, 5) is 51.6. The monoisotopic (exact) mass is 731 g/mol. The van der Waals surface area contributed by atoms with E-state index in [0.717, 1.165) is 30.3 Å². The molecule has 1 saturated heterocycles. The van der Waals surface area contributed by atoms with Crippen molar-refractivity contribution in [1.29, 1.82) is 0 Å². The maximum atomic E-state index is 13.9. The van der Waals surface area contributed by atoms with Gasteiger partial charge in [-0.1, -0.05) is 24.3 Å². The van der Waals surface area contributed by atoms with Crippen molar-refractivity contribution in [1.82, 2.24) is 43.9 Å². The summed E-state index contributed by atoms with van der Waals surface area (Å²) >= 11 is 0. The number of hydrogen-bond donors (Lipinski definition) is 0. The van der Waals surface area contributed by atoms with E-state index in [1.807, 2.05) is 20.8 Å². The number of alkyl halides is 3. The van der Waals surface area contributed by atoms with Crippen molar-refractivity contribution in [2.45, 2.75) is 64.4 Å². The molecule has 2 aliphatic rings. The Kier molecular flexibility index (Phi) is 9.65. The number of fused-ring (bicyclic) bond motifs is 1. The number of methoxy groups -OCH3 is 1. The SMILES string of the molecule is COc1ncnc(C2CC2)c1-c1ncc2ccc(=O)n(Cc3ccc(-c4nc(C(F)(F)F)cn4CCN4CCN(C(=O)OC(C)(C)C)CC4)cc3)c2n1. The van der Waals surface area contributed by atoms with Crippen LogP contribution in [0, 0.1) is 0 Å². The number of nitrogens with zero attached hydrogens (tertiary/aromatic N) is 9. The first-order valence-corrected chi connectivity index (χ1v) is 17.5. The van der Waals surface area contributed by atoms with E-state index in [0.29, 0.717) is 66.6 Å². The Morgan fingerprint density at radius 1 is 0.925 bits per heavy atom. The number of imidazole rings is 1. The fraction of sp³-hybridized carbons (Fsp3) is 0.432. The molecule has 1 aliphatic carbocycles. The van der Waals surface area contributed by atoms with Gasteiger partial charge in [0.1, 0.15) is 29.0 Å². The number of ether oxygens (including phenoxy) is 2. The lowest BCUT2D eigenvalue weighted by atomic mass is 10.1. The first-order valence-electron chi connectivity index (χ1n) is 17.5. The average molecular weight is 732 g/mol. The van der Waals surface area contributed by atoms with Gasteiger partial charge < -0.3 is 18.9 Å². The highest BCUT2D eigenvalue weighted by molar-refractivity contribution is 5.78. The second-order valence-electron chi connectivity index (χ2n) is 14.3. The van der Waals surface area contributed by atoms with Gasteiger partial charge in [0.05, 0.1) is 19.3 Å². The summed E-state index contributed by atoms with van der Waals surface area (Å²) in [7, 11) is 1.52. The highest BCUT2D eigenvalue weighted by Crippen LogP contribution is 2.45. The zero-order valence-corrected chi connectivity index (χ0v) is 29.9. The Balaban J connectivity index is 1.11. The zero-order valence-electron chi connectivity index (χ0n) is 29.9. The maximum Gasteiger partial charge on any atom is 0.434 e. The Labute approximate surface area is 303 Å². The third kappa shape index (κ3) is 8.01. The first kappa shape index (κ1) is 36.0. The van der Waals surface area contributed by atoms with Crippen LogP contribution in [0.25, 0.3) is 33.8 Å². The summed E-state index contributed by atoms with van der Waals surface area (Å²) in [5.74, 6) is 1.15. The van der Waals surface area contributed by atoms with E-state index in [1.54, 1.807) is 41.4 Å². The molecule has 0 bridgehead atoms. The van der Waals surface area contributed by atoms with E-state index in [9.17, 15) is 22.8 Å². The van der Waals surface area contributed by atoms with Crippen molar-refractivity contribution in [3.8, 4) is 28.7 Å². The van der Waals surface area contributed by atoms with Gasteiger partial charge in [0, 0.05) is 74.6 Å². The molecule has 1 saturated carbocycles. The number of carbonyl (C=O) groups is 1. The lowest BCUT2D eigenvalue weighted by Crippen LogP contribution is -2.50. The van der Waals surface area contributed by atoms with Gasteiger partial charge in [0.25, 0.3) is 5.56 Å². The van der Waals surface area contributed by atoms with Crippen LogP contribution in [-0.2, 0) is 24.0 Å². The molecule has 5 heterocycles. The van der Waals surface area contributed by atoms with Crippen LogP contribution in [0.15, 0.2) is 59.9 Å². The van der Waals surface area contributed by atoms with Crippen molar-refractivity contribution in [3.63, 3.8) is 0 Å². The van der Waals surface area contributed by atoms with Crippen molar-refractivity contribution >= 4 is 17.1 Å². The number of amides is 1. The lowest BCUT2D eigenvalue weighted by Gasteiger charge is -2.35. The van der Waals surface area contributed by atoms with Crippen LogP contribution in [0.2, 0.25) is 0 Å². The van der Waals surface area contributed by atoms with Gasteiger partial charge in [-0.3, -0.25) is 14.3 Å². The topological polar surface area (TPSA) is 133 Å². The average Bonchev–Trinajstić information content (AvgIpc) is 3.88. The molecule has 0 N–H and O–H groups in total. The van der Waals surface area contributed by atoms with Gasteiger partial charge >= 0.3 is 12.3 Å². The van der Waals surface area contributed by atoms with Gasteiger partial charge in [0.2, 0.25) is 5.88 Å². The molecule has 0 unspecified atom stereocenters. The van der Waals surface area contributed by atoms with E-state index < -0.39 is 17.5 Å². The van der Waals surface area contributed by atoms with Crippen LogP contribution >= 0.6 is 0 Å². The molecule has 13 nitrogen and oxygen atoms in total. The minimum absolute atomic E-state index is 0.155. The molecule has 16 heteroatoms. The Bertz CT molecular complexity index is 2180. The third-order valence-corrected chi connectivity index (χ3v) is 9.25. The second-order valence-corrected chi connectivity index (χ2v) is 14.3. The van der Waals surface area contributed by atoms with Crippen LogP contribution in [0.4, 0.5) is 18.0 Å². The van der Waals surface area contributed by atoms with Crippen molar-refractivity contribution in [2.75, 3.05) is 39.8 Å². The quantitative estimate of drug-likeness (QED) is 0.188. The summed E-state index contributed by atoms with van der Waals surface area (Å²) in [6.45, 7) is 8.39. The van der Waals surface area contributed by atoms with E-state index >= 15 is 0 Å². The van der Waals surface area contributed by atoms with Crippen molar-refractivity contribution in [3.05, 3.63) is 82.4 Å². The van der Waals surface area contributed by atoms with Crippen LogP contribution in [0.1, 0.15) is 56.5 Å². The van der Waals surface area contributed by atoms with Crippen molar-refractivity contribution in [2.24, 2.45) is 0 Å². The minimum Gasteiger partial charge on any atom is -0.480 e. The lowest BCUT2D eigenvalue weighted by molar-refractivity contribution is -0.140. The van der Waals surface area contributed by atoms with Crippen molar-refractivity contribution < 1.29 is 27.4 Å². The molecule has 7 rings (SSSR count). The molecule has 278 valence electrons. The summed E-state index contributed by atoms with van der Waals surface area (Å²) < 4.78 is 55.6. The fourth-order valence-electron chi connectivity index (χ4n) is 6.38. The molecule has 0 spiro atoms. The molecular formula is C37H40F3N9O4. The molecule has 5 aromatic rings. The minimum atomic E-state index is -4.62. The molecular weight excluding hydrogens is 691 g/mol. The van der Waals surface area contributed by atoms with Crippen LogP contribution in [0.3, 0.4) is 0 Å². The normalized spacial score (nSPS) is 15.6. The van der Waals surface area contributed by atoms with Crippen LogP contribution in [-0.4, -0.2) is 95.4 Å². The smallest absolute Gasteiger partial charge is 0.434 e. The van der Waals surface area contributed by atoms with Gasteiger partial charge in [-0.25, -0.2) is 29.7 Å². The van der Waals surface area contributed by atoms with Crippen LogP contribution < -0.4 is 10.3 Å². The Morgan fingerprint density at radius 3 is 2.32 bits per heavy atom. The number of hydrogen-bond acceptors (Lipinski definition) is 10. The highest BCUT2D eigenvalue weighted by Gasteiger charge is 2.35. The molecule has 1 aliphatic heterocycles. The van der Waals surface area contributed by atoms with E-state index in [2.05, 4.69) is 24.8 Å². The number of carbonyl (C=O) groups excluding carboxylic acids is 1. The molecule has 0 radical (unpaired) electrons. The Morgan fingerprint density at radius 2 is 1.66 bits per heavy atom. The molecule has 1 aromatic carbocycles. The number of benzene rings is 1. The predicted molar refractivity (Wildman–Crippen MR) is 189 cm³/mol. The van der Waals surface area contributed by atoms with Crippen LogP contribution in [0.5, 0.6) is 5.88 Å². The number of piperazine rings is 1. The molecule has 4 aromatic heterocycles. The van der Waals surface area contributed by atoms with Gasteiger partial charge in [-0.05, 0) is 45.2 Å². The molecule has 53 heavy (non-hydrogen) atoms. The third-order valence-electron chi connectivity index (χ3n) is 9.25. The maximum absolute atomic E-state index is 13.9. The van der Waals surface area contributed by atoms with Gasteiger partial charge in [-0.15, -0.1) is 0 Å². The van der Waals surface area contributed by atoms with Gasteiger partial charge in [0.15, 0.2) is 11.5 Å². The fourth-order valence-corrected chi connectivity index (χ4v) is 6.38. The van der Waals surface area contributed by atoms with E-state index in [4.69, 9.17) is 14.5 Å². The number of halogens is 3. The first-order chi connectivity index (χ1) is 25.3. The summed E-state index contributed by atoms with van der Waals surface area (Å²) in [6, 6.07) is 10.1. The number of aromatic nitrogens is 7. The number of pyridine rings is 1. The van der Waals surface area contributed by atoms with E-state index in [1.165, 1.54) is 28.6 Å². The molecule has 0 atom stereocenters. The highest BCUT2D eigenvalue weighted by atomic mass is 19.4. The van der Waals surface area contributed by atoms with E-state index in [-0.39, 0.29) is 36.5 Å². The Hall–Kier alpha value is -5.38. The van der Waals surface area contributed by atoms with Gasteiger partial charge in [-0.2, -0.15) is 13.2 Å². The molecule has 1 amide bonds.